The first-order valence-corrected chi connectivity index (χ1v) is 17.5. The number of rotatable bonds is 8. The molecule has 1 aliphatic heterocycles. The third-order valence-electron chi connectivity index (χ3n) is 10.2. The van der Waals surface area contributed by atoms with Gasteiger partial charge in [0.2, 0.25) is 0 Å². The van der Waals surface area contributed by atoms with Gasteiger partial charge in [-0.25, -0.2) is 23.7 Å². The highest BCUT2D eigenvalue weighted by atomic mass is 19.1. The van der Waals surface area contributed by atoms with Gasteiger partial charge in [0.15, 0.2) is 5.65 Å². The van der Waals surface area contributed by atoms with E-state index >= 15 is 0 Å². The number of nitrogens with zero attached hydrogens (tertiary/aromatic N) is 6. The summed E-state index contributed by atoms with van der Waals surface area (Å²) in [6.07, 6.45) is 7.89. The van der Waals surface area contributed by atoms with Crippen LogP contribution in [0.15, 0.2) is 88.8 Å². The van der Waals surface area contributed by atoms with Crippen LogP contribution in [-0.4, -0.2) is 65.9 Å². The zero-order chi connectivity index (χ0) is 35.1. The van der Waals surface area contributed by atoms with Gasteiger partial charge in [-0.15, -0.1) is 0 Å². The molecule has 2 aromatic carbocycles. The standard InChI is InChI=1S/C39H40FN7O4/c1-25-5-12-36-43-30(24-45(36)22-25)21-41-29-6-8-31(9-7-29)47-38(49)35-19-28(40)20-42-37(35)46(39(47)50)32-4-2-3-26(17-32)34-11-10-33(48)18-27(34)23-44-13-15-51-16-14-44/h2-5,10-12,17-20,22,24,29,31,41,48H,6-9,13-16,21,23H2,1H3/t29-,31+. The quantitative estimate of drug-likeness (QED) is 0.226. The van der Waals surface area contributed by atoms with Crippen molar-refractivity contribution in [2.45, 2.75) is 57.8 Å². The summed E-state index contributed by atoms with van der Waals surface area (Å²) in [5.41, 5.74) is 5.30. The molecule has 0 bridgehead atoms. The van der Waals surface area contributed by atoms with Crippen molar-refractivity contribution in [1.82, 2.24) is 33.7 Å². The average Bonchev–Trinajstić information content (AvgIpc) is 3.54. The highest BCUT2D eigenvalue weighted by Gasteiger charge is 2.27. The number of imidazole rings is 1. The van der Waals surface area contributed by atoms with Crippen molar-refractivity contribution in [3.63, 3.8) is 0 Å². The van der Waals surface area contributed by atoms with E-state index in [1.165, 1.54) is 15.2 Å². The smallest absolute Gasteiger partial charge is 0.337 e. The Hall–Kier alpha value is -5.17. The molecule has 0 atom stereocenters. The van der Waals surface area contributed by atoms with E-state index in [4.69, 9.17) is 9.72 Å². The van der Waals surface area contributed by atoms with Gasteiger partial charge in [-0.05, 0) is 91.3 Å². The first-order valence-electron chi connectivity index (χ1n) is 17.5. The van der Waals surface area contributed by atoms with Crippen molar-refractivity contribution in [3.8, 4) is 22.6 Å². The number of halogens is 1. The Morgan fingerprint density at radius 3 is 2.63 bits per heavy atom. The molecule has 4 aromatic heterocycles. The lowest BCUT2D eigenvalue weighted by Crippen LogP contribution is -2.44. The summed E-state index contributed by atoms with van der Waals surface area (Å²) in [7, 11) is 0. The number of benzene rings is 2. The minimum absolute atomic E-state index is 0.0555. The molecule has 2 aliphatic rings. The van der Waals surface area contributed by atoms with Gasteiger partial charge < -0.3 is 19.6 Å². The lowest BCUT2D eigenvalue weighted by molar-refractivity contribution is 0.0342. The van der Waals surface area contributed by atoms with Crippen LogP contribution in [0, 0.1) is 12.7 Å². The molecule has 5 heterocycles. The Bertz CT molecular complexity index is 2350. The second kappa shape index (κ2) is 13.9. The summed E-state index contributed by atoms with van der Waals surface area (Å²) < 4.78 is 24.9. The number of pyridine rings is 2. The van der Waals surface area contributed by atoms with Crippen molar-refractivity contribution in [1.29, 1.82) is 0 Å². The van der Waals surface area contributed by atoms with Crippen LogP contribution in [0.3, 0.4) is 0 Å². The van der Waals surface area contributed by atoms with Gasteiger partial charge in [-0.2, -0.15) is 0 Å². The maximum atomic E-state index is 14.6. The lowest BCUT2D eigenvalue weighted by atomic mass is 9.91. The van der Waals surface area contributed by atoms with Crippen molar-refractivity contribution in [3.05, 3.63) is 123 Å². The van der Waals surface area contributed by atoms with E-state index in [-0.39, 0.29) is 28.9 Å². The van der Waals surface area contributed by atoms with Crippen molar-refractivity contribution >= 4 is 16.7 Å². The monoisotopic (exact) mass is 689 g/mol. The fraction of sp³-hybridized carbons (Fsp3) is 0.333. The van der Waals surface area contributed by atoms with Gasteiger partial charge in [0.05, 0.1) is 36.2 Å². The average molecular weight is 690 g/mol. The van der Waals surface area contributed by atoms with Gasteiger partial charge in [-0.3, -0.25) is 14.3 Å². The number of phenolic OH excluding ortho intramolecular Hbond substituents is 1. The number of phenols is 1. The highest BCUT2D eigenvalue weighted by Crippen LogP contribution is 2.31. The Kier molecular flexibility index (Phi) is 8.97. The van der Waals surface area contributed by atoms with E-state index in [1.807, 2.05) is 47.0 Å². The molecule has 11 nitrogen and oxygen atoms in total. The van der Waals surface area contributed by atoms with E-state index in [0.29, 0.717) is 44.8 Å². The summed E-state index contributed by atoms with van der Waals surface area (Å²) >= 11 is 0. The third-order valence-corrected chi connectivity index (χ3v) is 10.2. The molecule has 1 saturated carbocycles. The van der Waals surface area contributed by atoms with Gasteiger partial charge >= 0.3 is 5.69 Å². The number of aromatic hydroxyl groups is 1. The molecule has 12 heteroatoms. The van der Waals surface area contributed by atoms with Crippen LogP contribution in [0.2, 0.25) is 0 Å². The molecule has 1 aliphatic carbocycles. The zero-order valence-corrected chi connectivity index (χ0v) is 28.5. The third kappa shape index (κ3) is 6.69. The zero-order valence-electron chi connectivity index (χ0n) is 28.5. The number of morpholine rings is 1. The molecule has 8 rings (SSSR count). The summed E-state index contributed by atoms with van der Waals surface area (Å²) in [4.78, 5) is 39.6. The van der Waals surface area contributed by atoms with Crippen molar-refractivity contribution in [2.24, 2.45) is 0 Å². The maximum Gasteiger partial charge on any atom is 0.337 e. The number of ether oxygens (including phenoxy) is 1. The Balaban J connectivity index is 1.09. The number of nitrogens with one attached hydrogen (secondary N) is 1. The van der Waals surface area contributed by atoms with Crippen LogP contribution in [0.25, 0.3) is 33.5 Å². The van der Waals surface area contributed by atoms with Crippen LogP contribution < -0.4 is 16.6 Å². The van der Waals surface area contributed by atoms with E-state index in [1.54, 1.807) is 18.2 Å². The van der Waals surface area contributed by atoms with Gasteiger partial charge in [-0.1, -0.05) is 24.3 Å². The second-order valence-electron chi connectivity index (χ2n) is 13.7. The molecule has 6 aromatic rings. The molecule has 51 heavy (non-hydrogen) atoms. The van der Waals surface area contributed by atoms with E-state index < -0.39 is 17.1 Å². The predicted molar refractivity (Wildman–Crippen MR) is 193 cm³/mol. The largest absolute Gasteiger partial charge is 0.508 e. The molecular weight excluding hydrogens is 649 g/mol. The molecule has 2 fully saturated rings. The summed E-state index contributed by atoms with van der Waals surface area (Å²) in [6, 6.07) is 17.9. The van der Waals surface area contributed by atoms with Crippen LogP contribution in [0.5, 0.6) is 5.75 Å². The van der Waals surface area contributed by atoms with Crippen molar-refractivity contribution < 1.29 is 14.2 Å². The summed E-state index contributed by atoms with van der Waals surface area (Å²) in [5.74, 6) is -0.467. The maximum absolute atomic E-state index is 14.6. The Labute approximate surface area is 293 Å². The van der Waals surface area contributed by atoms with Crippen LogP contribution >= 0.6 is 0 Å². The molecule has 0 spiro atoms. The van der Waals surface area contributed by atoms with E-state index in [9.17, 15) is 19.1 Å². The first kappa shape index (κ1) is 33.0. The number of aryl methyl sites for hydroxylation is 1. The molecule has 262 valence electrons. The summed E-state index contributed by atoms with van der Waals surface area (Å²) in [5, 5.41) is 14.0. The first-order chi connectivity index (χ1) is 24.8. The topological polar surface area (TPSA) is 119 Å². The number of hydrogen-bond donors (Lipinski definition) is 2. The predicted octanol–water partition coefficient (Wildman–Crippen LogP) is 5.12. The minimum atomic E-state index is -0.642. The minimum Gasteiger partial charge on any atom is -0.508 e. The van der Waals surface area contributed by atoms with Crippen LogP contribution in [0.1, 0.15) is 48.5 Å². The summed E-state index contributed by atoms with van der Waals surface area (Å²) in [6.45, 7) is 6.20. The number of fused-ring (bicyclic) bond motifs is 2. The highest BCUT2D eigenvalue weighted by molar-refractivity contribution is 5.77. The molecule has 1 saturated heterocycles. The normalized spacial score (nSPS) is 18.5. The second-order valence-corrected chi connectivity index (χ2v) is 13.7. The van der Waals surface area contributed by atoms with Crippen LogP contribution in [-0.2, 0) is 17.8 Å². The van der Waals surface area contributed by atoms with E-state index in [2.05, 4.69) is 28.3 Å². The number of hydrogen-bond acceptors (Lipinski definition) is 8. The lowest BCUT2D eigenvalue weighted by Gasteiger charge is -2.30. The van der Waals surface area contributed by atoms with Crippen LogP contribution in [0.4, 0.5) is 4.39 Å². The SMILES string of the molecule is Cc1ccc2nc(CN[C@H]3CC[C@@H](n4c(=O)c5cc(F)cnc5n(-c5cccc(-c6ccc(O)cc6CN6CCOCC6)c5)c4=O)CC3)cn2c1. The van der Waals surface area contributed by atoms with E-state index in [0.717, 1.165) is 65.7 Å². The number of aromatic nitrogens is 5. The van der Waals surface area contributed by atoms with Gasteiger partial charge in [0.25, 0.3) is 5.56 Å². The van der Waals surface area contributed by atoms with Gasteiger partial charge in [0.1, 0.15) is 17.2 Å². The molecule has 2 N–H and O–H groups in total. The molecule has 0 radical (unpaired) electrons. The van der Waals surface area contributed by atoms with Gasteiger partial charge in [0, 0.05) is 50.7 Å². The fourth-order valence-electron chi connectivity index (χ4n) is 7.57. The Morgan fingerprint density at radius 2 is 1.80 bits per heavy atom. The molecule has 0 unspecified atom stereocenters. The molecule has 0 amide bonds. The Morgan fingerprint density at radius 1 is 0.980 bits per heavy atom. The van der Waals surface area contributed by atoms with Crippen molar-refractivity contribution in [2.75, 3.05) is 26.3 Å². The molecular formula is C39H40FN7O4. The fourth-order valence-corrected chi connectivity index (χ4v) is 7.57.